The van der Waals surface area contributed by atoms with Gasteiger partial charge in [-0.1, -0.05) is 13.8 Å². The summed E-state index contributed by atoms with van der Waals surface area (Å²) in [6.07, 6.45) is 4.12. The van der Waals surface area contributed by atoms with Gasteiger partial charge in [0, 0.05) is 63.0 Å². The number of aliphatic imine (C=N–C) groups is 1. The van der Waals surface area contributed by atoms with Gasteiger partial charge in [-0.25, -0.2) is 4.98 Å². The van der Waals surface area contributed by atoms with Gasteiger partial charge in [0.05, 0.1) is 10.7 Å². The van der Waals surface area contributed by atoms with Crippen molar-refractivity contribution in [2.24, 2.45) is 12.0 Å². The number of nitrogens with zero attached hydrogens (tertiary/aromatic N) is 5. The van der Waals surface area contributed by atoms with E-state index in [2.05, 4.69) is 59.7 Å². The first-order valence-corrected chi connectivity index (χ1v) is 10.2. The van der Waals surface area contributed by atoms with Crippen LogP contribution in [0.15, 0.2) is 16.6 Å². The lowest BCUT2D eigenvalue weighted by molar-refractivity contribution is 0.473. The maximum absolute atomic E-state index is 4.79. The van der Waals surface area contributed by atoms with Gasteiger partial charge in [0.1, 0.15) is 0 Å². The lowest BCUT2D eigenvalue weighted by Crippen LogP contribution is -2.38. The molecule has 7 heteroatoms. The number of guanidine groups is 1. The van der Waals surface area contributed by atoms with E-state index in [1.807, 2.05) is 18.7 Å². The van der Waals surface area contributed by atoms with Gasteiger partial charge in [-0.3, -0.25) is 9.67 Å². The molecular formula is C19H32N6S. The van der Waals surface area contributed by atoms with Crippen LogP contribution in [0.2, 0.25) is 0 Å². The third-order valence-corrected chi connectivity index (χ3v) is 5.09. The van der Waals surface area contributed by atoms with E-state index in [-0.39, 0.29) is 0 Å². The highest BCUT2D eigenvalue weighted by atomic mass is 32.1. The zero-order valence-corrected chi connectivity index (χ0v) is 17.7. The SMILES string of the molecule is CCNC(=NCCCc1nc(C)cs1)N(C)Cc1cn(C)nc1C(C)C. The van der Waals surface area contributed by atoms with Crippen molar-refractivity contribution in [2.45, 2.75) is 53.0 Å². The van der Waals surface area contributed by atoms with Crippen molar-refractivity contribution in [3.8, 4) is 0 Å². The highest BCUT2D eigenvalue weighted by Crippen LogP contribution is 2.18. The number of thiazole rings is 1. The van der Waals surface area contributed by atoms with Gasteiger partial charge in [0.25, 0.3) is 0 Å². The molecule has 0 radical (unpaired) electrons. The van der Waals surface area contributed by atoms with E-state index in [4.69, 9.17) is 4.99 Å². The smallest absolute Gasteiger partial charge is 0.193 e. The van der Waals surface area contributed by atoms with Gasteiger partial charge in [-0.05, 0) is 26.2 Å². The Morgan fingerprint density at radius 2 is 2.19 bits per heavy atom. The predicted molar refractivity (Wildman–Crippen MR) is 110 cm³/mol. The number of aromatic nitrogens is 3. The summed E-state index contributed by atoms with van der Waals surface area (Å²) in [6, 6.07) is 0. The van der Waals surface area contributed by atoms with Crippen molar-refractivity contribution >= 4 is 17.3 Å². The molecule has 2 aromatic rings. The molecular weight excluding hydrogens is 344 g/mol. The summed E-state index contributed by atoms with van der Waals surface area (Å²) < 4.78 is 1.90. The summed E-state index contributed by atoms with van der Waals surface area (Å²) in [6.45, 7) is 11.0. The molecule has 0 aliphatic heterocycles. The average molecular weight is 377 g/mol. The van der Waals surface area contributed by atoms with E-state index in [0.29, 0.717) is 5.92 Å². The van der Waals surface area contributed by atoms with Crippen molar-refractivity contribution in [1.29, 1.82) is 0 Å². The third-order valence-electron chi connectivity index (χ3n) is 4.06. The second-order valence-corrected chi connectivity index (χ2v) is 7.89. The monoisotopic (exact) mass is 376 g/mol. The minimum Gasteiger partial charge on any atom is -0.357 e. The maximum Gasteiger partial charge on any atom is 0.193 e. The Labute approximate surface area is 161 Å². The van der Waals surface area contributed by atoms with Crippen LogP contribution >= 0.6 is 11.3 Å². The molecule has 0 saturated carbocycles. The molecule has 2 aromatic heterocycles. The van der Waals surface area contributed by atoms with Crippen molar-refractivity contribution in [3.63, 3.8) is 0 Å². The Bertz CT molecular complexity index is 715. The minimum atomic E-state index is 0.417. The minimum absolute atomic E-state index is 0.417. The number of aryl methyl sites for hydroxylation is 3. The molecule has 2 heterocycles. The molecule has 0 spiro atoms. The largest absolute Gasteiger partial charge is 0.357 e. The lowest BCUT2D eigenvalue weighted by Gasteiger charge is -2.22. The quantitative estimate of drug-likeness (QED) is 0.436. The van der Waals surface area contributed by atoms with Crippen LogP contribution in [-0.4, -0.2) is 45.8 Å². The predicted octanol–water partition coefficient (Wildman–Crippen LogP) is 3.34. The number of hydrogen-bond acceptors (Lipinski definition) is 4. The summed E-state index contributed by atoms with van der Waals surface area (Å²) in [7, 11) is 4.07. The first-order valence-electron chi connectivity index (χ1n) is 9.33. The van der Waals surface area contributed by atoms with Crippen LogP contribution in [0.1, 0.15) is 55.1 Å². The zero-order valence-electron chi connectivity index (χ0n) is 16.9. The first-order chi connectivity index (χ1) is 12.4. The van der Waals surface area contributed by atoms with E-state index in [9.17, 15) is 0 Å². The molecule has 0 aromatic carbocycles. The van der Waals surface area contributed by atoms with E-state index in [1.54, 1.807) is 11.3 Å². The average Bonchev–Trinajstić information content (AvgIpc) is 3.15. The molecule has 0 atom stereocenters. The summed E-state index contributed by atoms with van der Waals surface area (Å²) in [5, 5.41) is 11.3. The van der Waals surface area contributed by atoms with Crippen LogP contribution in [0, 0.1) is 6.92 Å². The van der Waals surface area contributed by atoms with Gasteiger partial charge in [0.15, 0.2) is 5.96 Å². The number of hydrogen-bond donors (Lipinski definition) is 1. The molecule has 2 rings (SSSR count). The summed E-state index contributed by atoms with van der Waals surface area (Å²) >= 11 is 1.74. The maximum atomic E-state index is 4.79. The van der Waals surface area contributed by atoms with Crippen molar-refractivity contribution in [2.75, 3.05) is 20.1 Å². The van der Waals surface area contributed by atoms with Crippen LogP contribution in [0.4, 0.5) is 0 Å². The Morgan fingerprint density at radius 3 is 2.81 bits per heavy atom. The summed E-state index contributed by atoms with van der Waals surface area (Å²) in [5.41, 5.74) is 3.53. The molecule has 0 saturated heterocycles. The van der Waals surface area contributed by atoms with E-state index in [0.717, 1.165) is 49.8 Å². The lowest BCUT2D eigenvalue weighted by atomic mass is 10.1. The fraction of sp³-hybridized carbons (Fsp3) is 0.632. The van der Waals surface area contributed by atoms with E-state index >= 15 is 0 Å². The van der Waals surface area contributed by atoms with Gasteiger partial charge < -0.3 is 10.2 Å². The topological polar surface area (TPSA) is 58.3 Å². The van der Waals surface area contributed by atoms with Crippen molar-refractivity contribution in [3.05, 3.63) is 33.5 Å². The molecule has 26 heavy (non-hydrogen) atoms. The van der Waals surface area contributed by atoms with Crippen LogP contribution in [0.3, 0.4) is 0 Å². The summed E-state index contributed by atoms with van der Waals surface area (Å²) in [4.78, 5) is 11.5. The standard InChI is InChI=1S/C19H32N6S/c1-7-20-19(21-10-8-9-17-22-15(4)13-26-17)24(5)11-16-12-25(6)23-18(16)14(2)3/h12-14H,7-11H2,1-6H3,(H,20,21). The second kappa shape index (κ2) is 9.71. The van der Waals surface area contributed by atoms with Crippen LogP contribution < -0.4 is 5.32 Å². The fourth-order valence-corrected chi connectivity index (χ4v) is 3.71. The van der Waals surface area contributed by atoms with Crippen LogP contribution in [0.5, 0.6) is 0 Å². The van der Waals surface area contributed by atoms with E-state index < -0.39 is 0 Å². The third kappa shape index (κ3) is 5.83. The Hall–Kier alpha value is -1.89. The Morgan fingerprint density at radius 1 is 1.42 bits per heavy atom. The molecule has 0 bridgehead atoms. The molecule has 0 aliphatic carbocycles. The van der Waals surface area contributed by atoms with Crippen LogP contribution in [0.25, 0.3) is 0 Å². The normalized spacial score (nSPS) is 12.0. The molecule has 6 nitrogen and oxygen atoms in total. The van der Waals surface area contributed by atoms with Gasteiger partial charge in [-0.15, -0.1) is 11.3 Å². The molecule has 0 aliphatic rings. The second-order valence-electron chi connectivity index (χ2n) is 6.95. The van der Waals surface area contributed by atoms with Gasteiger partial charge in [-0.2, -0.15) is 5.10 Å². The van der Waals surface area contributed by atoms with Crippen LogP contribution in [-0.2, 0) is 20.0 Å². The molecule has 0 unspecified atom stereocenters. The molecule has 0 amide bonds. The highest BCUT2D eigenvalue weighted by Gasteiger charge is 2.15. The first kappa shape index (κ1) is 20.4. The molecule has 144 valence electrons. The summed E-state index contributed by atoms with van der Waals surface area (Å²) in [5.74, 6) is 1.36. The number of rotatable bonds is 8. The molecule has 1 N–H and O–H groups in total. The van der Waals surface area contributed by atoms with E-state index in [1.165, 1.54) is 10.6 Å². The Balaban J connectivity index is 1.96. The molecule has 0 fully saturated rings. The Kier molecular flexibility index (Phi) is 7.63. The zero-order chi connectivity index (χ0) is 19.1. The highest BCUT2D eigenvalue weighted by molar-refractivity contribution is 7.09. The van der Waals surface area contributed by atoms with Gasteiger partial charge >= 0.3 is 0 Å². The number of nitrogens with one attached hydrogen (secondary N) is 1. The van der Waals surface area contributed by atoms with Crippen molar-refractivity contribution < 1.29 is 0 Å². The van der Waals surface area contributed by atoms with Crippen molar-refractivity contribution in [1.82, 2.24) is 25.0 Å². The fourth-order valence-electron chi connectivity index (χ4n) is 2.90. The van der Waals surface area contributed by atoms with Gasteiger partial charge in [0.2, 0.25) is 0 Å².